The maximum atomic E-state index is 10.8. The fourth-order valence-electron chi connectivity index (χ4n) is 7.73. The van der Waals surface area contributed by atoms with E-state index in [1.54, 1.807) is 12.1 Å². The van der Waals surface area contributed by atoms with Crippen LogP contribution >= 0.6 is 0 Å². The molecule has 0 amide bonds. The summed E-state index contributed by atoms with van der Waals surface area (Å²) in [7, 11) is -1.85. The van der Waals surface area contributed by atoms with Crippen LogP contribution in [0.2, 0.25) is 0 Å². The van der Waals surface area contributed by atoms with E-state index in [0.29, 0.717) is 5.46 Å². The van der Waals surface area contributed by atoms with Crippen LogP contribution in [0.4, 0.5) is 0 Å². The number of nitrogens with two attached hydrogens (primary N) is 2. The summed E-state index contributed by atoms with van der Waals surface area (Å²) in [4.78, 5) is 0. The Morgan fingerprint density at radius 3 is 0.915 bits per heavy atom. The molecule has 0 aliphatic rings. The average Bonchev–Trinajstić information content (AvgIpc) is 3.19. The second-order valence-corrected chi connectivity index (χ2v) is 20.1. The van der Waals surface area contributed by atoms with E-state index in [-0.39, 0.29) is 0 Å². The Balaban J connectivity index is 0. The predicted molar refractivity (Wildman–Crippen MR) is 262 cm³/mol. The minimum absolute atomic E-state index is 0.352. The molecular weight excluding hydrogens is 719 g/mol. The number of quaternary nitrogens is 2. The Bertz CT molecular complexity index is 838. The van der Waals surface area contributed by atoms with Gasteiger partial charge in [-0.05, 0) is 93.4 Å². The first-order valence-electron chi connectivity index (χ1n) is 26.5. The number of unbranched alkanes of at least 4 members (excludes halogenated alkanes) is 21. The van der Waals surface area contributed by atoms with Gasteiger partial charge in [0, 0.05) is 0 Å². The summed E-state index contributed by atoms with van der Waals surface area (Å²) in [6.45, 7) is 26.3. The minimum atomic E-state index is -1.85. The van der Waals surface area contributed by atoms with E-state index in [2.05, 4.69) is 72.9 Å². The molecule has 0 atom stereocenters. The van der Waals surface area contributed by atoms with Gasteiger partial charge in [-0.15, -0.1) is 5.46 Å². The number of aryl methyl sites for hydroxylation is 1. The first kappa shape index (κ1) is 60.2. The zero-order chi connectivity index (χ0) is 44.0. The Morgan fingerprint density at radius 1 is 0.373 bits per heavy atom. The zero-order valence-electron chi connectivity index (χ0n) is 41.9. The van der Waals surface area contributed by atoms with Crippen molar-refractivity contribution >= 4 is 12.6 Å². The SMILES string of the molecule is CC(C)CCCCC[NH2+]CCCCCC(C)C.CC(C)CCCCC[NH2+]CCCCCC(C)C.CCCCCCCCCCCCCCCCc1ccc(B([O-])[O-])cc1. The van der Waals surface area contributed by atoms with Crippen LogP contribution in [0.5, 0.6) is 0 Å². The van der Waals surface area contributed by atoms with Gasteiger partial charge >= 0.3 is 0 Å². The van der Waals surface area contributed by atoms with Gasteiger partial charge in [0.2, 0.25) is 0 Å². The van der Waals surface area contributed by atoms with Crippen molar-refractivity contribution in [2.24, 2.45) is 23.7 Å². The molecule has 1 aromatic rings. The van der Waals surface area contributed by atoms with Gasteiger partial charge < -0.3 is 20.7 Å². The van der Waals surface area contributed by atoms with Crippen molar-refractivity contribution in [3.05, 3.63) is 29.8 Å². The molecule has 0 radical (unpaired) electrons. The molecule has 0 saturated carbocycles. The second kappa shape index (κ2) is 48.2. The lowest BCUT2D eigenvalue weighted by Gasteiger charge is -2.26. The summed E-state index contributed by atoms with van der Waals surface area (Å²) in [5, 5.41) is 26.6. The lowest BCUT2D eigenvalue weighted by atomic mass is 9.80. The van der Waals surface area contributed by atoms with Gasteiger partial charge in [0.1, 0.15) is 0 Å². The predicted octanol–water partition coefficient (Wildman–Crippen LogP) is 12.1. The third-order valence-electron chi connectivity index (χ3n) is 11.8. The Hall–Kier alpha value is -0.875. The van der Waals surface area contributed by atoms with E-state index >= 15 is 0 Å². The van der Waals surface area contributed by atoms with Crippen LogP contribution < -0.4 is 26.1 Å². The smallest absolute Gasteiger partial charge is 0.0755 e. The summed E-state index contributed by atoms with van der Waals surface area (Å²) >= 11 is 0. The number of hydrogen-bond acceptors (Lipinski definition) is 2. The van der Waals surface area contributed by atoms with Crippen molar-refractivity contribution in [3.63, 3.8) is 0 Å². The van der Waals surface area contributed by atoms with Crippen molar-refractivity contribution in [2.45, 2.75) is 261 Å². The van der Waals surface area contributed by atoms with Gasteiger partial charge in [0.25, 0.3) is 0 Å². The highest BCUT2D eigenvalue weighted by Gasteiger charge is 2.00. The van der Waals surface area contributed by atoms with E-state index < -0.39 is 7.12 Å². The molecule has 4 N–H and O–H groups in total. The molecule has 4 nitrogen and oxygen atoms in total. The number of benzene rings is 1. The molecule has 59 heavy (non-hydrogen) atoms. The highest BCUT2D eigenvalue weighted by Crippen LogP contribution is 2.14. The van der Waals surface area contributed by atoms with Crippen molar-refractivity contribution in [2.75, 3.05) is 26.2 Å². The molecule has 1 aromatic carbocycles. The van der Waals surface area contributed by atoms with Gasteiger partial charge in [-0.1, -0.05) is 229 Å². The Morgan fingerprint density at radius 2 is 0.644 bits per heavy atom. The van der Waals surface area contributed by atoms with Gasteiger partial charge in [-0.2, -0.15) is 0 Å². The van der Waals surface area contributed by atoms with E-state index in [9.17, 15) is 10.0 Å². The summed E-state index contributed by atoms with van der Waals surface area (Å²) < 4.78 is 0. The average molecular weight is 829 g/mol. The molecule has 0 unspecified atom stereocenters. The molecule has 0 heterocycles. The normalized spacial score (nSPS) is 11.4. The molecule has 0 aromatic heterocycles. The molecule has 5 heteroatoms. The summed E-state index contributed by atoms with van der Waals surface area (Å²) in [5.41, 5.74) is 1.59. The van der Waals surface area contributed by atoms with Crippen molar-refractivity contribution in [1.82, 2.24) is 0 Å². The molecule has 0 spiro atoms. The molecule has 1 rings (SSSR count). The van der Waals surface area contributed by atoms with Crippen LogP contribution in [0, 0.1) is 23.7 Å². The highest BCUT2D eigenvalue weighted by atomic mass is 16.4. The summed E-state index contributed by atoms with van der Waals surface area (Å²) in [6, 6.07) is 7.23. The monoisotopic (exact) mass is 829 g/mol. The highest BCUT2D eigenvalue weighted by molar-refractivity contribution is 6.55. The maximum Gasteiger partial charge on any atom is 0.0755 e. The third-order valence-corrected chi connectivity index (χ3v) is 11.8. The van der Waals surface area contributed by atoms with Crippen LogP contribution in [0.3, 0.4) is 0 Å². The molecule has 350 valence electrons. The molecule has 0 bridgehead atoms. The topological polar surface area (TPSA) is 79.3 Å². The standard InChI is InChI=1S/C22H37BO2.2C16H35N/c1-2-3-4-5-6-7-8-9-10-11-12-13-14-15-16-21-17-19-22(20-18-21)23(24)25;2*1-15(2)11-7-5-9-13-17-14-10-6-8-12-16(3)4/h17-20H,2-16H2,1H3;2*15-17H,5-14H2,1-4H3/q-2;;/p+2. The van der Waals surface area contributed by atoms with Crippen LogP contribution in [0.1, 0.15) is 261 Å². The minimum Gasteiger partial charge on any atom is -0.889 e. The molecule has 0 aliphatic carbocycles. The first-order chi connectivity index (χ1) is 28.5. The molecule has 0 saturated heterocycles. The lowest BCUT2D eigenvalue weighted by molar-refractivity contribution is -0.655. The van der Waals surface area contributed by atoms with Crippen molar-refractivity contribution < 1.29 is 20.7 Å². The Labute approximate surface area is 373 Å². The van der Waals surface area contributed by atoms with Gasteiger partial charge in [0.05, 0.1) is 26.2 Å². The van der Waals surface area contributed by atoms with Gasteiger partial charge in [0.15, 0.2) is 0 Å². The second-order valence-electron chi connectivity index (χ2n) is 20.1. The fraction of sp³-hybridized carbons (Fsp3) is 0.889. The Kier molecular flexibility index (Phi) is 49.2. The molecule has 0 aliphatic heterocycles. The van der Waals surface area contributed by atoms with Crippen molar-refractivity contribution in [3.8, 4) is 0 Å². The number of rotatable bonds is 40. The van der Waals surface area contributed by atoms with E-state index in [4.69, 9.17) is 0 Å². The zero-order valence-corrected chi connectivity index (χ0v) is 41.9. The van der Waals surface area contributed by atoms with Crippen LogP contribution in [-0.2, 0) is 6.42 Å². The first-order valence-corrected chi connectivity index (χ1v) is 26.5. The van der Waals surface area contributed by atoms with Gasteiger partial charge in [-0.25, -0.2) is 0 Å². The number of hydrogen-bond donors (Lipinski definition) is 2. The summed E-state index contributed by atoms with van der Waals surface area (Å²) in [5.74, 6) is 3.56. The largest absolute Gasteiger partial charge is 0.889 e. The van der Waals surface area contributed by atoms with Crippen LogP contribution in [-0.4, -0.2) is 33.3 Å². The van der Waals surface area contributed by atoms with Crippen molar-refractivity contribution in [1.29, 1.82) is 0 Å². The van der Waals surface area contributed by atoms with Crippen LogP contribution in [0.15, 0.2) is 24.3 Å². The molecular formula is C54H109BN2O2. The van der Waals surface area contributed by atoms with E-state index in [1.165, 1.54) is 224 Å². The van der Waals surface area contributed by atoms with E-state index in [1.807, 2.05) is 12.1 Å². The lowest BCUT2D eigenvalue weighted by Crippen LogP contribution is -2.84. The summed E-state index contributed by atoms with van der Waals surface area (Å²) in [6.07, 6.45) is 43.1. The third kappa shape index (κ3) is 53.2. The van der Waals surface area contributed by atoms with Gasteiger partial charge in [-0.3, -0.25) is 0 Å². The fourth-order valence-corrected chi connectivity index (χ4v) is 7.73. The quantitative estimate of drug-likeness (QED) is 0.0510. The van der Waals surface area contributed by atoms with Crippen LogP contribution in [0.25, 0.3) is 0 Å². The molecule has 0 fully saturated rings. The maximum absolute atomic E-state index is 10.8. The van der Waals surface area contributed by atoms with E-state index in [0.717, 1.165) is 30.1 Å².